The van der Waals surface area contributed by atoms with Gasteiger partial charge in [-0.3, -0.25) is 9.36 Å². The quantitative estimate of drug-likeness (QED) is 0.540. The first-order chi connectivity index (χ1) is 12.7. The number of halogens is 1. The molecular formula is C20H15FN2O2S. The minimum atomic E-state index is -0.302. The minimum absolute atomic E-state index is 0.105. The molecule has 0 unspecified atom stereocenters. The summed E-state index contributed by atoms with van der Waals surface area (Å²) in [5, 5.41) is 2.46. The van der Waals surface area contributed by atoms with Crippen molar-refractivity contribution in [2.24, 2.45) is 0 Å². The molecule has 0 saturated carbocycles. The van der Waals surface area contributed by atoms with E-state index in [0.29, 0.717) is 16.8 Å². The zero-order valence-electron chi connectivity index (χ0n) is 14.0. The van der Waals surface area contributed by atoms with Crippen molar-refractivity contribution in [3.05, 3.63) is 82.0 Å². The number of fused-ring (bicyclic) bond motifs is 1. The van der Waals surface area contributed by atoms with Gasteiger partial charge in [-0.05, 0) is 35.4 Å². The monoisotopic (exact) mass is 366 g/mol. The van der Waals surface area contributed by atoms with Crippen molar-refractivity contribution in [1.82, 2.24) is 9.55 Å². The first-order valence-corrected chi connectivity index (χ1v) is 8.89. The van der Waals surface area contributed by atoms with E-state index < -0.39 is 0 Å². The van der Waals surface area contributed by atoms with E-state index in [-0.39, 0.29) is 11.4 Å². The predicted molar refractivity (Wildman–Crippen MR) is 101 cm³/mol. The molecule has 0 saturated heterocycles. The third-order valence-corrected chi connectivity index (χ3v) is 5.11. The zero-order chi connectivity index (χ0) is 18.1. The van der Waals surface area contributed by atoms with Crippen molar-refractivity contribution < 1.29 is 9.13 Å². The number of methoxy groups -OCH3 is 1. The molecule has 0 aliphatic heterocycles. The average Bonchev–Trinajstić information content (AvgIpc) is 3.10. The van der Waals surface area contributed by atoms with E-state index in [2.05, 4.69) is 4.98 Å². The maximum absolute atomic E-state index is 13.2. The van der Waals surface area contributed by atoms with Crippen LogP contribution in [0.4, 0.5) is 4.39 Å². The number of benzene rings is 2. The van der Waals surface area contributed by atoms with Gasteiger partial charge in [0.15, 0.2) is 0 Å². The number of nitrogens with zero attached hydrogens (tertiary/aromatic N) is 2. The van der Waals surface area contributed by atoms with Crippen LogP contribution < -0.4 is 10.3 Å². The Kier molecular flexibility index (Phi) is 4.26. The summed E-state index contributed by atoms with van der Waals surface area (Å²) in [5.41, 5.74) is 2.46. The minimum Gasteiger partial charge on any atom is -0.497 e. The first kappa shape index (κ1) is 16.5. The number of thiophene rings is 1. The van der Waals surface area contributed by atoms with Crippen molar-refractivity contribution in [3.63, 3.8) is 0 Å². The smallest absolute Gasteiger partial charge is 0.263 e. The highest BCUT2D eigenvalue weighted by atomic mass is 32.1. The van der Waals surface area contributed by atoms with E-state index >= 15 is 0 Å². The molecule has 26 heavy (non-hydrogen) atoms. The van der Waals surface area contributed by atoms with Crippen LogP contribution in [-0.4, -0.2) is 16.7 Å². The summed E-state index contributed by atoms with van der Waals surface area (Å²) in [4.78, 5) is 18.1. The molecule has 2 aromatic heterocycles. The number of hydrogen-bond donors (Lipinski definition) is 0. The number of aromatic nitrogens is 2. The van der Waals surface area contributed by atoms with Crippen molar-refractivity contribution in [1.29, 1.82) is 0 Å². The molecule has 0 radical (unpaired) electrons. The Labute approximate surface area is 153 Å². The summed E-state index contributed by atoms with van der Waals surface area (Å²) >= 11 is 1.41. The van der Waals surface area contributed by atoms with E-state index in [1.165, 1.54) is 23.5 Å². The standard InChI is InChI=1S/C20H15FN2O2S/c1-25-16-8-2-13(3-9-16)10-23-12-22-19-18(20(23)24)17(11-26-19)14-4-6-15(21)7-5-14/h2-9,11-12H,10H2,1H3. The van der Waals surface area contributed by atoms with Gasteiger partial charge in [0.05, 0.1) is 25.4 Å². The van der Waals surface area contributed by atoms with E-state index in [1.807, 2.05) is 29.6 Å². The van der Waals surface area contributed by atoms with Crippen LogP contribution in [0.5, 0.6) is 5.75 Å². The summed E-state index contributed by atoms with van der Waals surface area (Å²) in [7, 11) is 1.62. The lowest BCUT2D eigenvalue weighted by Crippen LogP contribution is -2.20. The summed E-state index contributed by atoms with van der Waals surface area (Å²) in [6.07, 6.45) is 1.57. The van der Waals surface area contributed by atoms with Gasteiger partial charge in [-0.25, -0.2) is 9.37 Å². The molecule has 0 N–H and O–H groups in total. The Balaban J connectivity index is 1.77. The van der Waals surface area contributed by atoms with Gasteiger partial charge in [0, 0.05) is 10.9 Å². The highest BCUT2D eigenvalue weighted by molar-refractivity contribution is 7.17. The van der Waals surface area contributed by atoms with Crippen LogP contribution in [0.2, 0.25) is 0 Å². The SMILES string of the molecule is COc1ccc(Cn2cnc3scc(-c4ccc(F)cc4)c3c2=O)cc1. The van der Waals surface area contributed by atoms with Crippen molar-refractivity contribution in [2.75, 3.05) is 7.11 Å². The van der Waals surface area contributed by atoms with Gasteiger partial charge < -0.3 is 4.74 Å². The fraction of sp³-hybridized carbons (Fsp3) is 0.100. The molecule has 0 amide bonds. The highest BCUT2D eigenvalue weighted by Gasteiger charge is 2.13. The van der Waals surface area contributed by atoms with Gasteiger partial charge in [-0.2, -0.15) is 0 Å². The van der Waals surface area contributed by atoms with E-state index in [9.17, 15) is 9.18 Å². The normalized spacial score (nSPS) is 11.0. The van der Waals surface area contributed by atoms with Gasteiger partial charge in [0.1, 0.15) is 16.4 Å². The molecular weight excluding hydrogens is 351 g/mol. The second kappa shape index (κ2) is 6.72. The molecule has 4 nitrogen and oxygen atoms in total. The van der Waals surface area contributed by atoms with Crippen LogP contribution in [0.1, 0.15) is 5.56 Å². The predicted octanol–water partition coefficient (Wildman–Crippen LogP) is 4.32. The van der Waals surface area contributed by atoms with Gasteiger partial charge in [-0.15, -0.1) is 11.3 Å². The zero-order valence-corrected chi connectivity index (χ0v) is 14.8. The molecule has 2 heterocycles. The molecule has 0 fully saturated rings. The molecule has 4 rings (SSSR count). The van der Waals surface area contributed by atoms with Gasteiger partial charge in [0.25, 0.3) is 5.56 Å². The second-order valence-corrected chi connectivity index (χ2v) is 6.72. The molecule has 2 aromatic carbocycles. The molecule has 0 atom stereocenters. The lowest BCUT2D eigenvalue weighted by Gasteiger charge is -2.07. The van der Waals surface area contributed by atoms with Gasteiger partial charge in [-0.1, -0.05) is 24.3 Å². The van der Waals surface area contributed by atoms with Gasteiger partial charge >= 0.3 is 0 Å². The topological polar surface area (TPSA) is 44.1 Å². The van der Waals surface area contributed by atoms with Crippen LogP contribution in [0.3, 0.4) is 0 Å². The first-order valence-electron chi connectivity index (χ1n) is 8.01. The van der Waals surface area contributed by atoms with Gasteiger partial charge in [0.2, 0.25) is 0 Å². The van der Waals surface area contributed by atoms with Crippen LogP contribution in [-0.2, 0) is 6.54 Å². The highest BCUT2D eigenvalue weighted by Crippen LogP contribution is 2.30. The Morgan fingerprint density at radius 2 is 1.85 bits per heavy atom. The number of hydrogen-bond acceptors (Lipinski definition) is 4. The van der Waals surface area contributed by atoms with Crippen molar-refractivity contribution in [2.45, 2.75) is 6.54 Å². The Morgan fingerprint density at radius 1 is 1.12 bits per heavy atom. The van der Waals surface area contributed by atoms with Crippen LogP contribution in [0, 0.1) is 5.82 Å². The third kappa shape index (κ3) is 2.99. The fourth-order valence-corrected chi connectivity index (χ4v) is 3.76. The molecule has 0 aliphatic rings. The Bertz CT molecular complexity index is 1120. The third-order valence-electron chi connectivity index (χ3n) is 4.23. The summed E-state index contributed by atoms with van der Waals surface area (Å²) in [6.45, 7) is 0.421. The second-order valence-electron chi connectivity index (χ2n) is 5.86. The molecule has 130 valence electrons. The lowest BCUT2D eigenvalue weighted by atomic mass is 10.1. The molecule has 0 bridgehead atoms. The van der Waals surface area contributed by atoms with Crippen molar-refractivity contribution >= 4 is 21.6 Å². The van der Waals surface area contributed by atoms with Crippen LogP contribution in [0.15, 0.2) is 65.0 Å². The van der Waals surface area contributed by atoms with Crippen LogP contribution in [0.25, 0.3) is 21.3 Å². The average molecular weight is 366 g/mol. The molecule has 0 spiro atoms. The maximum Gasteiger partial charge on any atom is 0.263 e. The Hall–Kier alpha value is -2.99. The van der Waals surface area contributed by atoms with Crippen LogP contribution >= 0.6 is 11.3 Å². The van der Waals surface area contributed by atoms with E-state index in [1.54, 1.807) is 30.1 Å². The molecule has 6 heteroatoms. The molecule has 4 aromatic rings. The van der Waals surface area contributed by atoms with E-state index in [0.717, 1.165) is 22.4 Å². The summed E-state index contributed by atoms with van der Waals surface area (Å²) < 4.78 is 19.9. The summed E-state index contributed by atoms with van der Waals surface area (Å²) in [6, 6.07) is 13.7. The van der Waals surface area contributed by atoms with E-state index in [4.69, 9.17) is 4.74 Å². The molecule has 0 aliphatic carbocycles. The maximum atomic E-state index is 13.2. The Morgan fingerprint density at radius 3 is 2.54 bits per heavy atom. The number of rotatable bonds is 4. The fourth-order valence-electron chi connectivity index (χ4n) is 2.85. The summed E-state index contributed by atoms with van der Waals surface area (Å²) in [5.74, 6) is 0.467. The lowest BCUT2D eigenvalue weighted by molar-refractivity contribution is 0.414. The van der Waals surface area contributed by atoms with Crippen molar-refractivity contribution in [3.8, 4) is 16.9 Å². The largest absolute Gasteiger partial charge is 0.497 e. The number of ether oxygens (including phenoxy) is 1.